The number of hydrogen-bond donors (Lipinski definition) is 0. The first-order valence-electron chi connectivity index (χ1n) is 18.9. The van der Waals surface area contributed by atoms with Gasteiger partial charge in [-0.2, -0.15) is 0 Å². The van der Waals surface area contributed by atoms with E-state index in [-0.39, 0.29) is 6.04 Å². The van der Waals surface area contributed by atoms with E-state index >= 15 is 0 Å². The molecule has 270 valence electrons. The molecule has 0 N–H and O–H groups in total. The van der Waals surface area contributed by atoms with Gasteiger partial charge >= 0.3 is 0 Å². The minimum atomic E-state index is -0.0857. The van der Waals surface area contributed by atoms with E-state index < -0.39 is 0 Å². The summed E-state index contributed by atoms with van der Waals surface area (Å²) in [6.07, 6.45) is 0. The Morgan fingerprint density at radius 1 is 0.446 bits per heavy atom. The Balaban J connectivity index is 1.21. The van der Waals surface area contributed by atoms with E-state index in [2.05, 4.69) is 141 Å². The fourth-order valence-electron chi connectivity index (χ4n) is 6.78. The molecule has 0 aliphatic carbocycles. The highest BCUT2D eigenvalue weighted by Crippen LogP contribution is 2.32. The van der Waals surface area contributed by atoms with Crippen molar-refractivity contribution in [1.82, 2.24) is 15.0 Å². The van der Waals surface area contributed by atoms with Gasteiger partial charge in [0, 0.05) is 28.0 Å². The third kappa shape index (κ3) is 8.18. The monoisotopic (exact) mass is 723 g/mol. The predicted molar refractivity (Wildman–Crippen MR) is 232 cm³/mol. The summed E-state index contributed by atoms with van der Waals surface area (Å²) >= 11 is 0. The molecular weight excluding hydrogens is 683 g/mol. The van der Waals surface area contributed by atoms with Crippen molar-refractivity contribution in [3.63, 3.8) is 0 Å². The molecule has 0 bridgehead atoms. The fourth-order valence-corrected chi connectivity index (χ4v) is 6.78. The lowest BCUT2D eigenvalue weighted by atomic mass is 9.96. The van der Waals surface area contributed by atoms with Crippen LogP contribution in [0.1, 0.15) is 42.1 Å². The number of benzene rings is 7. The second-order valence-electron chi connectivity index (χ2n) is 13.8. The number of aryl methyl sites for hydroxylation is 1. The van der Waals surface area contributed by atoms with Gasteiger partial charge in [-0.05, 0) is 77.9 Å². The Morgan fingerprint density at radius 2 is 0.946 bits per heavy atom. The lowest BCUT2D eigenvalue weighted by molar-refractivity contribution is 0.818. The summed E-state index contributed by atoms with van der Waals surface area (Å²) in [5.74, 6) is 2.54. The third-order valence-electron chi connectivity index (χ3n) is 9.89. The Morgan fingerprint density at radius 3 is 1.62 bits per heavy atom. The first kappa shape index (κ1) is 35.9. The molecule has 1 aromatic heterocycles. The quantitative estimate of drug-likeness (QED) is 0.110. The van der Waals surface area contributed by atoms with Gasteiger partial charge in [-0.3, -0.25) is 4.99 Å². The van der Waals surface area contributed by atoms with E-state index in [0.29, 0.717) is 23.3 Å². The zero-order valence-corrected chi connectivity index (χ0v) is 31.7. The van der Waals surface area contributed by atoms with Gasteiger partial charge in [0.1, 0.15) is 0 Å². The molecule has 7 aromatic carbocycles. The molecule has 5 heteroatoms. The van der Waals surface area contributed by atoms with E-state index in [1.54, 1.807) is 0 Å². The number of hydrogen-bond acceptors (Lipinski definition) is 4. The van der Waals surface area contributed by atoms with Crippen molar-refractivity contribution in [3.8, 4) is 56.4 Å². The molecule has 0 radical (unpaired) electrons. The van der Waals surface area contributed by atoms with Crippen LogP contribution < -0.4 is 0 Å². The van der Waals surface area contributed by atoms with Gasteiger partial charge in [0.25, 0.3) is 0 Å². The van der Waals surface area contributed by atoms with Crippen LogP contribution in [-0.4, -0.2) is 26.5 Å². The van der Waals surface area contributed by atoms with Gasteiger partial charge in [0.05, 0.1) is 6.04 Å². The van der Waals surface area contributed by atoms with E-state index in [1.165, 1.54) is 0 Å². The molecule has 5 nitrogen and oxygen atoms in total. The summed E-state index contributed by atoms with van der Waals surface area (Å²) in [6, 6.07) is 64.3. The van der Waals surface area contributed by atoms with Crippen LogP contribution in [0.5, 0.6) is 0 Å². The topological polar surface area (TPSA) is 63.4 Å². The highest BCUT2D eigenvalue weighted by molar-refractivity contribution is 6.12. The van der Waals surface area contributed by atoms with Crippen molar-refractivity contribution in [2.24, 2.45) is 9.98 Å². The first-order chi connectivity index (χ1) is 27.5. The minimum Gasteiger partial charge on any atom is -0.258 e. The van der Waals surface area contributed by atoms with Crippen molar-refractivity contribution in [2.75, 3.05) is 0 Å². The second-order valence-corrected chi connectivity index (χ2v) is 13.8. The lowest BCUT2D eigenvalue weighted by Gasteiger charge is -2.14. The highest BCUT2D eigenvalue weighted by atomic mass is 15.0. The zero-order valence-electron chi connectivity index (χ0n) is 31.7. The Labute approximate surface area is 328 Å². The molecule has 8 rings (SSSR count). The maximum Gasteiger partial charge on any atom is 0.164 e. The number of amidine groups is 1. The Hall–Kier alpha value is -7.11. The largest absolute Gasteiger partial charge is 0.258 e. The summed E-state index contributed by atoms with van der Waals surface area (Å²) in [5.41, 5.74) is 12.3. The first-order valence-corrected chi connectivity index (χ1v) is 18.9. The van der Waals surface area contributed by atoms with E-state index in [9.17, 15) is 0 Å². The number of aliphatic imine (C=N–C) groups is 2. The molecule has 1 unspecified atom stereocenters. The van der Waals surface area contributed by atoms with E-state index in [0.717, 1.165) is 66.9 Å². The van der Waals surface area contributed by atoms with Crippen molar-refractivity contribution >= 4 is 11.5 Å². The van der Waals surface area contributed by atoms with Crippen LogP contribution in [0.2, 0.25) is 0 Å². The second kappa shape index (κ2) is 16.5. The molecule has 0 spiro atoms. The minimum absolute atomic E-state index is 0.0857. The molecule has 1 heterocycles. The third-order valence-corrected chi connectivity index (χ3v) is 9.89. The van der Waals surface area contributed by atoms with Crippen LogP contribution in [0, 0.1) is 6.92 Å². The molecule has 0 amide bonds. The molecule has 1 atom stereocenters. The highest BCUT2D eigenvalue weighted by Gasteiger charge is 2.16. The number of nitrogens with zero attached hydrogens (tertiary/aromatic N) is 5. The van der Waals surface area contributed by atoms with Gasteiger partial charge in [0.2, 0.25) is 0 Å². The summed E-state index contributed by atoms with van der Waals surface area (Å²) in [5, 5.41) is 0. The van der Waals surface area contributed by atoms with Crippen LogP contribution in [-0.2, 0) is 0 Å². The fraction of sp³-hybridized carbons (Fsp3) is 0.0784. The smallest absolute Gasteiger partial charge is 0.164 e. The summed E-state index contributed by atoms with van der Waals surface area (Å²) in [7, 11) is 0. The van der Waals surface area contributed by atoms with Crippen LogP contribution in [0.15, 0.2) is 198 Å². The normalized spacial score (nSPS) is 12.3. The lowest BCUT2D eigenvalue weighted by Crippen LogP contribution is -2.06. The molecular formula is C51H41N5. The van der Waals surface area contributed by atoms with Crippen molar-refractivity contribution in [3.05, 3.63) is 210 Å². The standard InChI is InChI=1S/C51H41N5/c1-35-30-31-46(51-55-48(41-24-14-7-15-25-41)54-50(56-51)44-28-16-26-42(32-44)40-22-12-6-13-23-40)34-47(35)43-27-17-29-45(33-43)49(52-36(2)38-18-8-4-9-19-38)53-37(3)39-20-10-5-11-21-39/h4-34,36H,1-3H3/b52-49-,53-37+. The van der Waals surface area contributed by atoms with Crippen molar-refractivity contribution < 1.29 is 0 Å². The molecule has 0 aliphatic heterocycles. The summed E-state index contributed by atoms with van der Waals surface area (Å²) in [6.45, 7) is 6.30. The molecule has 8 aromatic rings. The molecule has 0 fully saturated rings. The van der Waals surface area contributed by atoms with Crippen LogP contribution in [0.25, 0.3) is 56.4 Å². The van der Waals surface area contributed by atoms with Gasteiger partial charge in [-0.25, -0.2) is 19.9 Å². The summed E-state index contributed by atoms with van der Waals surface area (Å²) in [4.78, 5) is 25.5. The van der Waals surface area contributed by atoms with E-state index in [4.69, 9.17) is 24.9 Å². The Bertz CT molecular complexity index is 2650. The number of aromatic nitrogens is 3. The average Bonchev–Trinajstić information content (AvgIpc) is 3.27. The molecule has 0 saturated carbocycles. The molecule has 56 heavy (non-hydrogen) atoms. The van der Waals surface area contributed by atoms with Gasteiger partial charge in [-0.15, -0.1) is 0 Å². The molecule has 0 aliphatic rings. The van der Waals surface area contributed by atoms with Gasteiger partial charge < -0.3 is 0 Å². The number of rotatable bonds is 9. The van der Waals surface area contributed by atoms with Gasteiger partial charge in [-0.1, -0.05) is 170 Å². The SMILES string of the molecule is C/C(=N\C(=N/C(C)c1ccccc1)c1cccc(-c2cc(-c3nc(-c4ccccc4)nc(-c4cccc(-c5ccccc5)c4)n3)ccc2C)c1)c1ccccc1. The van der Waals surface area contributed by atoms with Crippen LogP contribution in [0.4, 0.5) is 0 Å². The van der Waals surface area contributed by atoms with Crippen LogP contribution >= 0.6 is 0 Å². The average molecular weight is 724 g/mol. The Kier molecular flexibility index (Phi) is 10.6. The van der Waals surface area contributed by atoms with Gasteiger partial charge in [0.15, 0.2) is 23.3 Å². The summed E-state index contributed by atoms with van der Waals surface area (Å²) < 4.78 is 0. The molecule has 0 saturated heterocycles. The maximum absolute atomic E-state index is 5.21. The zero-order chi connectivity index (χ0) is 38.3. The van der Waals surface area contributed by atoms with Crippen molar-refractivity contribution in [1.29, 1.82) is 0 Å². The van der Waals surface area contributed by atoms with Crippen molar-refractivity contribution in [2.45, 2.75) is 26.8 Å². The van der Waals surface area contributed by atoms with Crippen LogP contribution in [0.3, 0.4) is 0 Å². The maximum atomic E-state index is 5.21. The predicted octanol–water partition coefficient (Wildman–Crippen LogP) is 12.5. The van der Waals surface area contributed by atoms with E-state index in [1.807, 2.05) is 67.6 Å².